The molecule has 1 unspecified atom stereocenters. The Hall–Kier alpha value is -3.28. The third kappa shape index (κ3) is 4.77. The molecule has 29 heavy (non-hydrogen) atoms. The summed E-state index contributed by atoms with van der Waals surface area (Å²) in [5.74, 6) is 0.409. The molecule has 1 amide bonds. The van der Waals surface area contributed by atoms with E-state index >= 15 is 0 Å². The third-order valence-electron chi connectivity index (χ3n) is 4.27. The van der Waals surface area contributed by atoms with Crippen molar-refractivity contribution in [1.82, 2.24) is 24.8 Å². The van der Waals surface area contributed by atoms with Gasteiger partial charge in [-0.1, -0.05) is 6.07 Å². The van der Waals surface area contributed by atoms with Crippen LogP contribution in [0.4, 0.5) is 5.82 Å². The Kier molecular flexibility index (Phi) is 6.54. The fourth-order valence-electron chi connectivity index (χ4n) is 2.65. The molecule has 0 spiro atoms. The minimum atomic E-state index is -1.14. The Morgan fingerprint density at radius 3 is 2.93 bits per heavy atom. The van der Waals surface area contributed by atoms with Gasteiger partial charge in [0.05, 0.1) is 26.1 Å². The van der Waals surface area contributed by atoms with Crippen LogP contribution in [-0.4, -0.2) is 68.1 Å². The minimum absolute atomic E-state index is 0.0287. The first-order valence-electron chi connectivity index (χ1n) is 8.77. The number of hydrogen-bond acceptors (Lipinski definition) is 9. The lowest BCUT2D eigenvalue weighted by Crippen LogP contribution is -2.42. The molecule has 154 valence electrons. The SMILES string of the molecule is COc1cccc(C(=O)NCC(O)[C@@H](CO)OCn2cnc3c(N)ncnc32)c1. The van der Waals surface area contributed by atoms with Crippen molar-refractivity contribution >= 4 is 22.9 Å². The number of carbonyl (C=O) groups is 1. The summed E-state index contributed by atoms with van der Waals surface area (Å²) in [5.41, 5.74) is 7.03. The molecule has 11 nitrogen and oxygen atoms in total. The Bertz CT molecular complexity index is 978. The van der Waals surface area contributed by atoms with Crippen LogP contribution in [0.25, 0.3) is 11.2 Å². The Morgan fingerprint density at radius 1 is 1.34 bits per heavy atom. The summed E-state index contributed by atoms with van der Waals surface area (Å²) < 4.78 is 12.2. The van der Waals surface area contributed by atoms with E-state index in [9.17, 15) is 15.0 Å². The standard InChI is InChI=1S/C18H22N6O5/c1-28-12-4-2-3-11(5-12)18(27)20-6-13(26)14(7-25)29-10-24-9-23-15-16(19)21-8-22-17(15)24/h2-5,8-9,13-14,25-26H,6-7,10H2,1H3,(H,20,27)(H2,19,21,22)/t13?,14-/m1/s1. The zero-order valence-electron chi connectivity index (χ0n) is 15.7. The highest BCUT2D eigenvalue weighted by Crippen LogP contribution is 2.15. The van der Waals surface area contributed by atoms with E-state index in [4.69, 9.17) is 15.2 Å². The molecule has 0 bridgehead atoms. The number of nitrogens with one attached hydrogen (secondary N) is 1. The molecule has 11 heteroatoms. The number of hydrogen-bond donors (Lipinski definition) is 4. The topological polar surface area (TPSA) is 158 Å². The fraction of sp³-hybridized carbons (Fsp3) is 0.333. The maximum absolute atomic E-state index is 12.2. The van der Waals surface area contributed by atoms with E-state index in [0.29, 0.717) is 22.5 Å². The number of nitrogens with two attached hydrogens (primary N) is 1. The van der Waals surface area contributed by atoms with Crippen molar-refractivity contribution in [3.05, 3.63) is 42.5 Å². The van der Waals surface area contributed by atoms with Gasteiger partial charge in [0.1, 0.15) is 30.4 Å². The van der Waals surface area contributed by atoms with Gasteiger partial charge < -0.3 is 30.7 Å². The van der Waals surface area contributed by atoms with E-state index in [-0.39, 0.29) is 25.0 Å². The number of nitrogen functional groups attached to an aromatic ring is 1. The summed E-state index contributed by atoms with van der Waals surface area (Å²) in [5, 5.41) is 22.4. The lowest BCUT2D eigenvalue weighted by Gasteiger charge is -2.22. The summed E-state index contributed by atoms with van der Waals surface area (Å²) >= 11 is 0. The number of anilines is 1. The zero-order chi connectivity index (χ0) is 20.8. The van der Waals surface area contributed by atoms with Crippen LogP contribution in [-0.2, 0) is 11.5 Å². The molecule has 2 aromatic heterocycles. The number of aliphatic hydroxyl groups is 2. The Labute approximate surface area is 166 Å². The van der Waals surface area contributed by atoms with Crippen LogP contribution in [0.5, 0.6) is 5.75 Å². The van der Waals surface area contributed by atoms with E-state index < -0.39 is 18.8 Å². The van der Waals surface area contributed by atoms with Gasteiger partial charge in [-0.3, -0.25) is 9.36 Å². The van der Waals surface area contributed by atoms with Crippen LogP contribution in [0, 0.1) is 0 Å². The highest BCUT2D eigenvalue weighted by atomic mass is 16.5. The van der Waals surface area contributed by atoms with E-state index in [2.05, 4.69) is 20.3 Å². The first-order chi connectivity index (χ1) is 14.0. The van der Waals surface area contributed by atoms with E-state index in [1.165, 1.54) is 19.8 Å². The fourth-order valence-corrected chi connectivity index (χ4v) is 2.65. The first kappa shape index (κ1) is 20.5. The number of aromatic nitrogens is 4. The number of rotatable bonds is 9. The van der Waals surface area contributed by atoms with Gasteiger partial charge in [0.25, 0.3) is 5.91 Å². The van der Waals surface area contributed by atoms with Crippen LogP contribution in [0.3, 0.4) is 0 Å². The quantitative estimate of drug-likeness (QED) is 0.372. The lowest BCUT2D eigenvalue weighted by atomic mass is 10.1. The number of imidazole rings is 1. The predicted molar refractivity (Wildman–Crippen MR) is 103 cm³/mol. The van der Waals surface area contributed by atoms with E-state index in [1.807, 2.05) is 0 Å². The second kappa shape index (κ2) is 9.28. The average Bonchev–Trinajstić information content (AvgIpc) is 3.17. The number of fused-ring (bicyclic) bond motifs is 1. The summed E-state index contributed by atoms with van der Waals surface area (Å²) in [6.07, 6.45) is 0.713. The van der Waals surface area contributed by atoms with Crippen LogP contribution >= 0.6 is 0 Å². The van der Waals surface area contributed by atoms with Crippen LogP contribution < -0.4 is 15.8 Å². The van der Waals surface area contributed by atoms with Gasteiger partial charge in [-0.25, -0.2) is 15.0 Å². The molecule has 0 aliphatic heterocycles. The van der Waals surface area contributed by atoms with Gasteiger partial charge in [-0.2, -0.15) is 0 Å². The van der Waals surface area contributed by atoms with Gasteiger partial charge in [0, 0.05) is 12.1 Å². The summed E-state index contributed by atoms with van der Waals surface area (Å²) in [6, 6.07) is 6.62. The molecule has 1 aromatic carbocycles. The molecule has 5 N–H and O–H groups in total. The third-order valence-corrected chi connectivity index (χ3v) is 4.27. The number of amides is 1. The maximum atomic E-state index is 12.2. The zero-order valence-corrected chi connectivity index (χ0v) is 15.7. The van der Waals surface area contributed by atoms with E-state index in [1.54, 1.807) is 28.8 Å². The molecule has 3 aromatic rings. The Morgan fingerprint density at radius 2 is 2.17 bits per heavy atom. The molecular formula is C18H22N6O5. The smallest absolute Gasteiger partial charge is 0.251 e. The molecule has 2 heterocycles. The molecule has 0 fully saturated rings. The number of nitrogens with zero attached hydrogens (tertiary/aromatic N) is 4. The minimum Gasteiger partial charge on any atom is -0.497 e. The van der Waals surface area contributed by atoms with Crippen molar-refractivity contribution < 1.29 is 24.5 Å². The molecule has 0 aliphatic carbocycles. The number of benzene rings is 1. The highest BCUT2D eigenvalue weighted by molar-refractivity contribution is 5.94. The lowest BCUT2D eigenvalue weighted by molar-refractivity contribution is -0.0848. The van der Waals surface area contributed by atoms with Gasteiger partial charge >= 0.3 is 0 Å². The van der Waals surface area contributed by atoms with Crippen molar-refractivity contribution in [3.63, 3.8) is 0 Å². The van der Waals surface area contributed by atoms with Crippen molar-refractivity contribution in [3.8, 4) is 5.75 Å². The molecule has 3 rings (SSSR count). The number of ether oxygens (including phenoxy) is 2. The second-order valence-electron chi connectivity index (χ2n) is 6.17. The predicted octanol–water partition coefficient (Wildman–Crippen LogP) is -0.457. The maximum Gasteiger partial charge on any atom is 0.251 e. The van der Waals surface area contributed by atoms with Crippen molar-refractivity contribution in [2.75, 3.05) is 26.0 Å². The van der Waals surface area contributed by atoms with Gasteiger partial charge in [0.2, 0.25) is 0 Å². The highest BCUT2D eigenvalue weighted by Gasteiger charge is 2.21. The molecular weight excluding hydrogens is 380 g/mol. The van der Waals surface area contributed by atoms with Crippen molar-refractivity contribution in [2.45, 2.75) is 18.9 Å². The van der Waals surface area contributed by atoms with Gasteiger partial charge in [-0.05, 0) is 18.2 Å². The number of aliphatic hydroxyl groups excluding tert-OH is 2. The summed E-state index contributed by atoms with van der Waals surface area (Å²) in [4.78, 5) is 24.3. The molecule has 0 aliphatic rings. The van der Waals surface area contributed by atoms with Crippen LogP contribution in [0.15, 0.2) is 36.9 Å². The summed E-state index contributed by atoms with van der Waals surface area (Å²) in [6.45, 7) is -0.583. The largest absolute Gasteiger partial charge is 0.497 e. The van der Waals surface area contributed by atoms with Crippen molar-refractivity contribution in [1.29, 1.82) is 0 Å². The average molecular weight is 402 g/mol. The number of methoxy groups -OCH3 is 1. The molecule has 0 saturated carbocycles. The van der Waals surface area contributed by atoms with Crippen molar-refractivity contribution in [2.24, 2.45) is 0 Å². The van der Waals surface area contributed by atoms with Crippen LogP contribution in [0.1, 0.15) is 10.4 Å². The molecule has 0 saturated heterocycles. The molecule has 2 atom stereocenters. The second-order valence-corrected chi connectivity index (χ2v) is 6.17. The monoisotopic (exact) mass is 402 g/mol. The number of carbonyl (C=O) groups excluding carboxylic acids is 1. The summed E-state index contributed by atoms with van der Waals surface area (Å²) in [7, 11) is 1.51. The Balaban J connectivity index is 1.56. The van der Waals surface area contributed by atoms with Crippen LogP contribution in [0.2, 0.25) is 0 Å². The van der Waals surface area contributed by atoms with Gasteiger partial charge in [-0.15, -0.1) is 0 Å². The molecule has 0 radical (unpaired) electrons. The van der Waals surface area contributed by atoms with Gasteiger partial charge in [0.15, 0.2) is 11.5 Å². The normalized spacial score (nSPS) is 13.2. The first-order valence-corrected chi connectivity index (χ1v) is 8.77. The van der Waals surface area contributed by atoms with E-state index in [0.717, 1.165) is 0 Å².